The zero-order valence-electron chi connectivity index (χ0n) is 18.6. The smallest absolute Gasteiger partial charge is 0.378 e. The zero-order valence-corrected chi connectivity index (χ0v) is 18.6. The second-order valence-corrected chi connectivity index (χ2v) is 8.11. The normalized spacial score (nSPS) is 14.4. The van der Waals surface area contributed by atoms with Crippen LogP contribution in [-0.4, -0.2) is 43.9 Å². The monoisotopic (exact) mass is 479 g/mol. The number of rotatable bonds is 5. The van der Waals surface area contributed by atoms with Gasteiger partial charge in [0.1, 0.15) is 5.69 Å². The molecule has 1 heterocycles. The van der Waals surface area contributed by atoms with Crippen molar-refractivity contribution in [1.29, 1.82) is 0 Å². The molecule has 9 nitrogen and oxygen atoms in total. The molecule has 0 atom stereocenters. The third-order valence-corrected chi connectivity index (χ3v) is 5.63. The van der Waals surface area contributed by atoms with Crippen LogP contribution in [-0.2, 0) is 11.0 Å². The van der Waals surface area contributed by atoms with Gasteiger partial charge in [-0.05, 0) is 43.2 Å². The molecule has 0 radical (unpaired) electrons. The Bertz CT molecular complexity index is 1080. The van der Waals surface area contributed by atoms with Gasteiger partial charge < -0.3 is 9.80 Å². The van der Waals surface area contributed by atoms with E-state index in [1.54, 1.807) is 23.1 Å². The van der Waals surface area contributed by atoms with E-state index in [0.717, 1.165) is 17.8 Å². The van der Waals surface area contributed by atoms with Crippen LogP contribution in [0.4, 0.5) is 30.2 Å². The molecule has 3 rings (SSSR count). The predicted molar refractivity (Wildman–Crippen MR) is 119 cm³/mol. The average Bonchev–Trinajstić information content (AvgIpc) is 2.81. The van der Waals surface area contributed by atoms with E-state index in [-0.39, 0.29) is 18.8 Å². The molecule has 2 N–H and O–H groups in total. The van der Waals surface area contributed by atoms with Crippen LogP contribution in [0.3, 0.4) is 0 Å². The van der Waals surface area contributed by atoms with Gasteiger partial charge in [-0.15, -0.1) is 0 Å². The largest absolute Gasteiger partial charge is 0.416 e. The SMILES string of the molecule is CN(C)c1cccc(C(=O)NNC(=O)C2CCN(c3ccc(C(F)(F)F)cc3[N+](=O)[O-])CC2)c1. The van der Waals surface area contributed by atoms with Crippen molar-refractivity contribution in [3.63, 3.8) is 0 Å². The molecule has 1 fully saturated rings. The molecule has 2 aromatic carbocycles. The number of carbonyl (C=O) groups is 2. The van der Waals surface area contributed by atoms with E-state index in [4.69, 9.17) is 0 Å². The minimum atomic E-state index is -4.69. The van der Waals surface area contributed by atoms with Crippen molar-refractivity contribution >= 4 is 28.9 Å². The molecule has 0 unspecified atom stereocenters. The Morgan fingerprint density at radius 1 is 1.09 bits per heavy atom. The molecule has 34 heavy (non-hydrogen) atoms. The number of nitro groups is 1. The number of amides is 2. The van der Waals surface area contributed by atoms with Crippen molar-refractivity contribution in [2.45, 2.75) is 19.0 Å². The molecule has 0 aliphatic carbocycles. The Morgan fingerprint density at radius 3 is 2.35 bits per heavy atom. The number of alkyl halides is 3. The summed E-state index contributed by atoms with van der Waals surface area (Å²) in [7, 11) is 3.68. The lowest BCUT2D eigenvalue weighted by Crippen LogP contribution is -2.47. The Labute approximate surface area is 193 Å². The van der Waals surface area contributed by atoms with Crippen molar-refractivity contribution in [1.82, 2.24) is 10.9 Å². The number of carbonyl (C=O) groups excluding carboxylic acids is 2. The van der Waals surface area contributed by atoms with Crippen molar-refractivity contribution in [3.05, 3.63) is 63.7 Å². The number of nitro benzene ring substituents is 1. The third-order valence-electron chi connectivity index (χ3n) is 5.63. The van der Waals surface area contributed by atoms with Gasteiger partial charge in [0.05, 0.1) is 10.5 Å². The minimum Gasteiger partial charge on any atom is -0.378 e. The number of nitrogens with one attached hydrogen (secondary N) is 2. The van der Waals surface area contributed by atoms with Crippen LogP contribution >= 0.6 is 0 Å². The first-order chi connectivity index (χ1) is 16.0. The van der Waals surface area contributed by atoms with Crippen molar-refractivity contribution in [2.24, 2.45) is 5.92 Å². The van der Waals surface area contributed by atoms with Crippen LogP contribution in [0.2, 0.25) is 0 Å². The summed E-state index contributed by atoms with van der Waals surface area (Å²) in [6, 6.07) is 9.27. The molecule has 0 bridgehead atoms. The highest BCUT2D eigenvalue weighted by molar-refractivity contribution is 5.96. The molecular weight excluding hydrogens is 455 g/mol. The van der Waals surface area contributed by atoms with Gasteiger partial charge in [0.25, 0.3) is 11.6 Å². The summed E-state index contributed by atoms with van der Waals surface area (Å²) in [5, 5.41) is 11.3. The maximum Gasteiger partial charge on any atom is 0.416 e. The second kappa shape index (κ2) is 9.98. The van der Waals surface area contributed by atoms with Crippen LogP contribution in [0, 0.1) is 16.0 Å². The van der Waals surface area contributed by atoms with E-state index < -0.39 is 40.1 Å². The number of hydrazine groups is 1. The molecule has 1 aliphatic heterocycles. The highest BCUT2D eigenvalue weighted by atomic mass is 19.4. The van der Waals surface area contributed by atoms with Gasteiger partial charge in [-0.1, -0.05) is 6.07 Å². The summed E-state index contributed by atoms with van der Waals surface area (Å²) in [6.07, 6.45) is -4.06. The van der Waals surface area contributed by atoms with Gasteiger partial charge in [-0.25, -0.2) is 0 Å². The highest BCUT2D eigenvalue weighted by Gasteiger charge is 2.35. The number of hydrogen-bond donors (Lipinski definition) is 2. The number of piperidine rings is 1. The first-order valence-corrected chi connectivity index (χ1v) is 10.5. The molecule has 1 saturated heterocycles. The van der Waals surface area contributed by atoms with Gasteiger partial charge in [-0.2, -0.15) is 13.2 Å². The first-order valence-electron chi connectivity index (χ1n) is 10.5. The number of nitrogens with zero attached hydrogens (tertiary/aromatic N) is 3. The van der Waals surface area contributed by atoms with E-state index in [2.05, 4.69) is 10.9 Å². The Morgan fingerprint density at radius 2 is 1.76 bits per heavy atom. The van der Waals surface area contributed by atoms with E-state index in [0.29, 0.717) is 24.5 Å². The van der Waals surface area contributed by atoms with Crippen LogP contribution in [0.25, 0.3) is 0 Å². The second-order valence-electron chi connectivity index (χ2n) is 8.11. The summed E-state index contributed by atoms with van der Waals surface area (Å²) in [6.45, 7) is 0.478. The van der Waals surface area contributed by atoms with Gasteiger partial charge in [0.2, 0.25) is 5.91 Å². The minimum absolute atomic E-state index is 0.0749. The topological polar surface area (TPSA) is 108 Å². The van der Waals surface area contributed by atoms with E-state index in [1.807, 2.05) is 25.1 Å². The summed E-state index contributed by atoms with van der Waals surface area (Å²) < 4.78 is 38.8. The molecule has 182 valence electrons. The van der Waals surface area contributed by atoms with Crippen LogP contribution < -0.4 is 20.7 Å². The first kappa shape index (κ1) is 24.8. The standard InChI is InChI=1S/C22H24F3N5O4/c1-28(2)17-5-3-4-15(12-17)21(32)27-26-20(31)14-8-10-29(11-9-14)18-7-6-16(22(23,24)25)13-19(18)30(33)34/h3-7,12-14H,8-11H2,1-2H3,(H,26,31)(H,27,32). The predicted octanol–water partition coefficient (Wildman–Crippen LogP) is 3.36. The van der Waals surface area contributed by atoms with Gasteiger partial charge in [-0.3, -0.25) is 30.6 Å². The maximum absolute atomic E-state index is 12.9. The summed E-state index contributed by atoms with van der Waals surface area (Å²) >= 11 is 0. The Balaban J connectivity index is 1.58. The highest BCUT2D eigenvalue weighted by Crippen LogP contribution is 2.37. The molecular formula is C22H24F3N5O4. The molecule has 12 heteroatoms. The van der Waals surface area contributed by atoms with E-state index >= 15 is 0 Å². The summed E-state index contributed by atoms with van der Waals surface area (Å²) in [5.74, 6) is -1.34. The van der Waals surface area contributed by atoms with E-state index in [1.165, 1.54) is 0 Å². The molecule has 0 aromatic heterocycles. The summed E-state index contributed by atoms with van der Waals surface area (Å²) in [5.41, 5.74) is 4.33. The van der Waals surface area contributed by atoms with Crippen molar-refractivity contribution < 1.29 is 27.7 Å². The molecule has 2 aromatic rings. The fourth-order valence-corrected chi connectivity index (χ4v) is 3.71. The molecule has 0 spiro atoms. The number of anilines is 2. The van der Waals surface area contributed by atoms with Crippen molar-refractivity contribution in [3.8, 4) is 0 Å². The molecule has 2 amide bonds. The fourth-order valence-electron chi connectivity index (χ4n) is 3.71. The maximum atomic E-state index is 12.9. The van der Waals surface area contributed by atoms with Crippen LogP contribution in [0.5, 0.6) is 0 Å². The lowest BCUT2D eigenvalue weighted by atomic mass is 9.95. The lowest BCUT2D eigenvalue weighted by molar-refractivity contribution is -0.384. The zero-order chi connectivity index (χ0) is 25.0. The van der Waals surface area contributed by atoms with Crippen molar-refractivity contribution in [2.75, 3.05) is 37.0 Å². The number of hydrogen-bond acceptors (Lipinski definition) is 6. The molecule has 1 aliphatic rings. The quantitative estimate of drug-likeness (QED) is 0.503. The van der Waals surface area contributed by atoms with Crippen LogP contribution in [0.15, 0.2) is 42.5 Å². The number of halogens is 3. The van der Waals surface area contributed by atoms with Gasteiger partial charge in [0.15, 0.2) is 0 Å². The molecule has 0 saturated carbocycles. The van der Waals surface area contributed by atoms with Crippen LogP contribution in [0.1, 0.15) is 28.8 Å². The average molecular weight is 479 g/mol. The van der Waals surface area contributed by atoms with Gasteiger partial charge in [0, 0.05) is 50.4 Å². The summed E-state index contributed by atoms with van der Waals surface area (Å²) in [4.78, 5) is 38.8. The van der Waals surface area contributed by atoms with E-state index in [9.17, 15) is 32.9 Å². The Kier molecular flexibility index (Phi) is 7.28. The Hall–Kier alpha value is -3.83. The third kappa shape index (κ3) is 5.74. The number of benzene rings is 2. The lowest BCUT2D eigenvalue weighted by Gasteiger charge is -2.32. The van der Waals surface area contributed by atoms with Gasteiger partial charge >= 0.3 is 6.18 Å². The fraction of sp³-hybridized carbons (Fsp3) is 0.364.